The highest BCUT2D eigenvalue weighted by molar-refractivity contribution is 7.99. The maximum absolute atomic E-state index is 12.6. The molecular formula is C20H23N5O2S. The molecule has 1 unspecified atom stereocenters. The highest BCUT2D eigenvalue weighted by atomic mass is 32.2. The van der Waals surface area contributed by atoms with Crippen LogP contribution >= 0.6 is 11.8 Å². The molecule has 0 aliphatic carbocycles. The van der Waals surface area contributed by atoms with Crippen molar-refractivity contribution in [3.63, 3.8) is 0 Å². The van der Waals surface area contributed by atoms with Crippen LogP contribution in [0, 0.1) is 5.92 Å². The molecule has 1 aliphatic rings. The maximum atomic E-state index is 12.6. The van der Waals surface area contributed by atoms with Crippen LogP contribution in [0.5, 0.6) is 0 Å². The minimum atomic E-state index is 0.159. The van der Waals surface area contributed by atoms with Crippen LogP contribution in [0.3, 0.4) is 0 Å². The van der Waals surface area contributed by atoms with Crippen molar-refractivity contribution in [2.75, 3.05) is 18.8 Å². The molecule has 1 fully saturated rings. The number of pyridine rings is 1. The van der Waals surface area contributed by atoms with Crippen molar-refractivity contribution >= 4 is 17.7 Å². The molecule has 28 heavy (non-hydrogen) atoms. The predicted octanol–water partition coefficient (Wildman–Crippen LogP) is 3.33. The zero-order valence-corrected chi connectivity index (χ0v) is 16.6. The van der Waals surface area contributed by atoms with Crippen molar-refractivity contribution in [3.8, 4) is 11.4 Å². The second-order valence-electron chi connectivity index (χ2n) is 7.09. The molecule has 0 bridgehead atoms. The summed E-state index contributed by atoms with van der Waals surface area (Å²) in [6, 6.07) is 7.60. The van der Waals surface area contributed by atoms with E-state index in [2.05, 4.69) is 22.1 Å². The van der Waals surface area contributed by atoms with Crippen LogP contribution in [-0.2, 0) is 11.3 Å². The van der Waals surface area contributed by atoms with Gasteiger partial charge in [0.05, 0.1) is 18.6 Å². The van der Waals surface area contributed by atoms with Gasteiger partial charge in [0.1, 0.15) is 5.76 Å². The maximum Gasteiger partial charge on any atom is 0.233 e. The Labute approximate surface area is 168 Å². The Morgan fingerprint density at radius 1 is 1.32 bits per heavy atom. The molecule has 8 heteroatoms. The van der Waals surface area contributed by atoms with Crippen molar-refractivity contribution in [2.45, 2.75) is 31.5 Å². The Kier molecular flexibility index (Phi) is 5.76. The van der Waals surface area contributed by atoms with Crippen LogP contribution in [0.2, 0.25) is 0 Å². The van der Waals surface area contributed by atoms with Gasteiger partial charge in [0.15, 0.2) is 11.0 Å². The van der Waals surface area contributed by atoms with Crippen molar-refractivity contribution < 1.29 is 9.21 Å². The number of thioether (sulfide) groups is 1. The van der Waals surface area contributed by atoms with Crippen molar-refractivity contribution in [1.29, 1.82) is 0 Å². The normalized spacial score (nSPS) is 17.0. The smallest absolute Gasteiger partial charge is 0.233 e. The summed E-state index contributed by atoms with van der Waals surface area (Å²) in [6.45, 7) is 4.40. The quantitative estimate of drug-likeness (QED) is 0.594. The monoisotopic (exact) mass is 397 g/mol. The number of nitrogens with zero attached hydrogens (tertiary/aromatic N) is 5. The van der Waals surface area contributed by atoms with Gasteiger partial charge in [0.25, 0.3) is 0 Å². The highest BCUT2D eigenvalue weighted by Gasteiger charge is 2.22. The number of furan rings is 1. The molecule has 1 amide bonds. The van der Waals surface area contributed by atoms with E-state index in [4.69, 9.17) is 4.42 Å². The lowest BCUT2D eigenvalue weighted by molar-refractivity contribution is -0.130. The second-order valence-corrected chi connectivity index (χ2v) is 8.03. The molecule has 146 valence electrons. The standard InChI is InChI=1S/C20H23N5O2S/c1-15-5-3-9-24(12-15)18(26)14-28-20-23-22-19(16-6-2-8-21-11-16)25(20)13-17-7-4-10-27-17/h2,4,6-8,10-11,15H,3,5,9,12-14H2,1H3. The van der Waals surface area contributed by atoms with Gasteiger partial charge in [-0.25, -0.2) is 0 Å². The van der Waals surface area contributed by atoms with E-state index in [-0.39, 0.29) is 5.91 Å². The van der Waals surface area contributed by atoms with E-state index in [1.54, 1.807) is 18.7 Å². The van der Waals surface area contributed by atoms with Gasteiger partial charge < -0.3 is 9.32 Å². The molecular weight excluding hydrogens is 374 g/mol. The summed E-state index contributed by atoms with van der Waals surface area (Å²) in [5.74, 6) is 2.61. The molecule has 0 N–H and O–H groups in total. The molecule has 3 aromatic heterocycles. The van der Waals surface area contributed by atoms with Crippen molar-refractivity contribution in [2.24, 2.45) is 5.92 Å². The van der Waals surface area contributed by atoms with Gasteiger partial charge >= 0.3 is 0 Å². The lowest BCUT2D eigenvalue weighted by Crippen LogP contribution is -2.40. The average molecular weight is 398 g/mol. The molecule has 3 aromatic rings. The fourth-order valence-electron chi connectivity index (χ4n) is 3.44. The van der Waals surface area contributed by atoms with Gasteiger partial charge in [-0.2, -0.15) is 0 Å². The number of likely N-dealkylation sites (tertiary alicyclic amines) is 1. The Hall–Kier alpha value is -2.61. The first-order chi connectivity index (χ1) is 13.7. The third-order valence-corrected chi connectivity index (χ3v) is 5.82. The minimum absolute atomic E-state index is 0.159. The summed E-state index contributed by atoms with van der Waals surface area (Å²) in [6.07, 6.45) is 7.42. The van der Waals surface area contributed by atoms with Crippen LogP contribution in [0.25, 0.3) is 11.4 Å². The van der Waals surface area contributed by atoms with E-state index < -0.39 is 0 Å². The molecule has 7 nitrogen and oxygen atoms in total. The van der Waals surface area contributed by atoms with E-state index in [1.807, 2.05) is 33.7 Å². The molecule has 0 radical (unpaired) electrons. The number of aromatic nitrogens is 4. The predicted molar refractivity (Wildman–Crippen MR) is 107 cm³/mol. The van der Waals surface area contributed by atoms with Crippen LogP contribution in [0.15, 0.2) is 52.5 Å². The third-order valence-electron chi connectivity index (χ3n) is 4.87. The van der Waals surface area contributed by atoms with Crippen molar-refractivity contribution in [1.82, 2.24) is 24.6 Å². The largest absolute Gasteiger partial charge is 0.467 e. The first-order valence-electron chi connectivity index (χ1n) is 9.47. The lowest BCUT2D eigenvalue weighted by Gasteiger charge is -2.30. The van der Waals surface area contributed by atoms with Gasteiger partial charge in [0.2, 0.25) is 5.91 Å². The average Bonchev–Trinajstić information content (AvgIpc) is 3.37. The van der Waals surface area contributed by atoms with E-state index in [9.17, 15) is 4.79 Å². The molecule has 4 heterocycles. The number of carbonyl (C=O) groups is 1. The van der Waals surface area contributed by atoms with Crippen LogP contribution in [-0.4, -0.2) is 49.4 Å². The first kappa shape index (κ1) is 18.7. The summed E-state index contributed by atoms with van der Waals surface area (Å²) in [4.78, 5) is 18.8. The highest BCUT2D eigenvalue weighted by Crippen LogP contribution is 2.26. The Morgan fingerprint density at radius 3 is 3.00 bits per heavy atom. The first-order valence-corrected chi connectivity index (χ1v) is 10.5. The van der Waals surface area contributed by atoms with Gasteiger partial charge in [-0.05, 0) is 43.0 Å². The number of carbonyl (C=O) groups excluding carboxylic acids is 1. The molecule has 4 rings (SSSR count). The molecule has 1 saturated heterocycles. The molecule has 1 aliphatic heterocycles. The summed E-state index contributed by atoms with van der Waals surface area (Å²) in [5.41, 5.74) is 0.879. The minimum Gasteiger partial charge on any atom is -0.467 e. The third kappa shape index (κ3) is 4.27. The number of hydrogen-bond acceptors (Lipinski definition) is 6. The van der Waals surface area contributed by atoms with Crippen molar-refractivity contribution in [3.05, 3.63) is 48.7 Å². The van der Waals surface area contributed by atoms with Gasteiger partial charge in [-0.1, -0.05) is 18.7 Å². The summed E-state index contributed by atoms with van der Waals surface area (Å²) >= 11 is 1.42. The molecule has 0 aromatic carbocycles. The van der Waals surface area contributed by atoms with Crippen LogP contribution in [0.1, 0.15) is 25.5 Å². The number of amides is 1. The fourth-order valence-corrected chi connectivity index (χ4v) is 4.28. The molecule has 1 atom stereocenters. The summed E-state index contributed by atoms with van der Waals surface area (Å²) in [5, 5.41) is 9.40. The summed E-state index contributed by atoms with van der Waals surface area (Å²) < 4.78 is 7.49. The Bertz CT molecular complexity index is 910. The van der Waals surface area contributed by atoms with E-state index >= 15 is 0 Å². The van der Waals surface area contributed by atoms with E-state index in [0.29, 0.717) is 29.2 Å². The zero-order chi connectivity index (χ0) is 19.3. The fraction of sp³-hybridized carbons (Fsp3) is 0.400. The number of piperidine rings is 1. The van der Waals surface area contributed by atoms with Gasteiger partial charge in [-0.3, -0.25) is 14.3 Å². The molecule has 0 saturated carbocycles. The Balaban J connectivity index is 1.53. The number of hydrogen-bond donors (Lipinski definition) is 0. The van der Waals surface area contributed by atoms with Crippen LogP contribution in [0.4, 0.5) is 0 Å². The SMILES string of the molecule is CC1CCCN(C(=O)CSc2nnc(-c3cccnc3)n2Cc2ccco2)C1. The second kappa shape index (κ2) is 8.60. The van der Waals surface area contributed by atoms with Crippen LogP contribution < -0.4 is 0 Å². The topological polar surface area (TPSA) is 77.1 Å². The van der Waals surface area contributed by atoms with Gasteiger partial charge in [0, 0.05) is 31.0 Å². The summed E-state index contributed by atoms with van der Waals surface area (Å²) in [7, 11) is 0. The zero-order valence-electron chi connectivity index (χ0n) is 15.8. The Morgan fingerprint density at radius 2 is 2.25 bits per heavy atom. The van der Waals surface area contributed by atoms with E-state index in [0.717, 1.165) is 30.8 Å². The van der Waals surface area contributed by atoms with Gasteiger partial charge in [-0.15, -0.1) is 10.2 Å². The lowest BCUT2D eigenvalue weighted by atomic mass is 10.0. The number of rotatable bonds is 6. The van der Waals surface area contributed by atoms with E-state index in [1.165, 1.54) is 18.2 Å². The molecule has 0 spiro atoms.